The molecule has 2 N–H and O–H groups in total. The summed E-state index contributed by atoms with van der Waals surface area (Å²) in [5.41, 5.74) is 5.44. The van der Waals surface area contributed by atoms with E-state index in [-0.39, 0.29) is 11.8 Å². The second-order valence-electron chi connectivity index (χ2n) is 3.78. The van der Waals surface area contributed by atoms with Crippen molar-refractivity contribution in [3.63, 3.8) is 0 Å². The lowest BCUT2D eigenvalue weighted by Crippen LogP contribution is -2.37. The molecule has 84 valence electrons. The van der Waals surface area contributed by atoms with Gasteiger partial charge in [-0.1, -0.05) is 20.8 Å². The third-order valence-electron chi connectivity index (χ3n) is 2.47. The lowest BCUT2D eigenvalue weighted by molar-refractivity contribution is -0.135. The maximum absolute atomic E-state index is 11.9. The first-order chi connectivity index (χ1) is 6.67. The van der Waals surface area contributed by atoms with Crippen molar-refractivity contribution in [1.29, 1.82) is 0 Å². The summed E-state index contributed by atoms with van der Waals surface area (Å²) >= 11 is 0. The number of hydrogen-bond acceptors (Lipinski definition) is 2. The molecule has 0 aromatic carbocycles. The van der Waals surface area contributed by atoms with Crippen molar-refractivity contribution in [2.75, 3.05) is 19.6 Å². The lowest BCUT2D eigenvalue weighted by atomic mass is 10.1. The molecule has 3 heteroatoms. The Balaban J connectivity index is 4.10. The fraction of sp³-hybridized carbons (Fsp3) is 0.909. The summed E-state index contributed by atoms with van der Waals surface area (Å²) in [4.78, 5) is 13.8. The van der Waals surface area contributed by atoms with Crippen molar-refractivity contribution in [2.24, 2.45) is 11.7 Å². The van der Waals surface area contributed by atoms with Crippen LogP contribution >= 0.6 is 0 Å². The first-order valence-corrected chi connectivity index (χ1v) is 5.66. The van der Waals surface area contributed by atoms with Gasteiger partial charge in [-0.2, -0.15) is 0 Å². The Bertz CT molecular complexity index is 159. The van der Waals surface area contributed by atoms with Crippen LogP contribution < -0.4 is 5.73 Å². The van der Waals surface area contributed by atoms with Crippen molar-refractivity contribution in [3.8, 4) is 0 Å². The van der Waals surface area contributed by atoms with Gasteiger partial charge < -0.3 is 10.6 Å². The second kappa shape index (κ2) is 7.80. The van der Waals surface area contributed by atoms with E-state index in [1.807, 2.05) is 11.8 Å². The summed E-state index contributed by atoms with van der Waals surface area (Å²) < 4.78 is 0. The molecule has 0 aromatic rings. The van der Waals surface area contributed by atoms with Gasteiger partial charge >= 0.3 is 0 Å². The van der Waals surface area contributed by atoms with E-state index in [0.29, 0.717) is 6.54 Å². The van der Waals surface area contributed by atoms with E-state index in [1.165, 1.54) is 0 Å². The van der Waals surface area contributed by atoms with Gasteiger partial charge in [-0.15, -0.1) is 0 Å². The fourth-order valence-corrected chi connectivity index (χ4v) is 1.37. The van der Waals surface area contributed by atoms with E-state index in [0.717, 1.165) is 32.4 Å². The molecule has 0 saturated heterocycles. The van der Waals surface area contributed by atoms with Crippen LogP contribution in [0.3, 0.4) is 0 Å². The molecule has 1 atom stereocenters. The zero-order valence-electron chi connectivity index (χ0n) is 9.75. The molecule has 0 spiro atoms. The molecular formula is C11H24N2O. The first-order valence-electron chi connectivity index (χ1n) is 5.66. The van der Waals surface area contributed by atoms with Crippen molar-refractivity contribution >= 4 is 5.91 Å². The molecule has 0 bridgehead atoms. The van der Waals surface area contributed by atoms with E-state index in [1.54, 1.807) is 0 Å². The average Bonchev–Trinajstić information content (AvgIpc) is 2.22. The van der Waals surface area contributed by atoms with Crippen LogP contribution in [-0.4, -0.2) is 30.4 Å². The Hall–Kier alpha value is -0.570. The van der Waals surface area contributed by atoms with Gasteiger partial charge in [0.2, 0.25) is 5.91 Å². The van der Waals surface area contributed by atoms with Gasteiger partial charge in [-0.05, 0) is 25.8 Å². The molecule has 1 amide bonds. The molecule has 0 aliphatic carbocycles. The molecule has 0 rings (SSSR count). The smallest absolute Gasteiger partial charge is 0.225 e. The molecule has 1 unspecified atom stereocenters. The Morgan fingerprint density at radius 1 is 1.36 bits per heavy atom. The first kappa shape index (κ1) is 13.4. The summed E-state index contributed by atoms with van der Waals surface area (Å²) in [7, 11) is 0. The van der Waals surface area contributed by atoms with Crippen molar-refractivity contribution in [2.45, 2.75) is 40.0 Å². The molecule has 0 saturated carbocycles. The highest BCUT2D eigenvalue weighted by Gasteiger charge is 2.17. The molecule has 0 fully saturated rings. The Morgan fingerprint density at radius 3 is 2.43 bits per heavy atom. The van der Waals surface area contributed by atoms with Crippen LogP contribution in [0.2, 0.25) is 0 Å². The van der Waals surface area contributed by atoms with Gasteiger partial charge in [0.05, 0.1) is 0 Å². The number of nitrogens with zero attached hydrogens (tertiary/aromatic N) is 1. The van der Waals surface area contributed by atoms with Gasteiger partial charge in [0.25, 0.3) is 0 Å². The standard InChI is InChI=1S/C11H24N2O/c1-4-8-13(9-6-7-12)11(14)10(3)5-2/h10H,4-9,12H2,1-3H3. The van der Waals surface area contributed by atoms with Crippen LogP contribution in [-0.2, 0) is 4.79 Å². The lowest BCUT2D eigenvalue weighted by Gasteiger charge is -2.24. The van der Waals surface area contributed by atoms with Crippen LogP contribution in [0.5, 0.6) is 0 Å². The van der Waals surface area contributed by atoms with Crippen LogP contribution in [0, 0.1) is 5.92 Å². The van der Waals surface area contributed by atoms with E-state index in [2.05, 4.69) is 13.8 Å². The summed E-state index contributed by atoms with van der Waals surface area (Å²) in [5.74, 6) is 0.433. The van der Waals surface area contributed by atoms with Crippen molar-refractivity contribution in [1.82, 2.24) is 4.90 Å². The van der Waals surface area contributed by atoms with Gasteiger partial charge in [-0.3, -0.25) is 4.79 Å². The zero-order valence-corrected chi connectivity index (χ0v) is 9.75. The van der Waals surface area contributed by atoms with Gasteiger partial charge in [-0.25, -0.2) is 0 Å². The molecule has 0 aliphatic rings. The Labute approximate surface area is 87.6 Å². The Kier molecular flexibility index (Phi) is 7.48. The predicted octanol–water partition coefficient (Wildman–Crippen LogP) is 1.62. The highest BCUT2D eigenvalue weighted by atomic mass is 16.2. The van der Waals surface area contributed by atoms with E-state index >= 15 is 0 Å². The molecule has 0 heterocycles. The number of carbonyl (C=O) groups is 1. The minimum absolute atomic E-state index is 0.152. The maximum atomic E-state index is 11.9. The van der Waals surface area contributed by atoms with E-state index in [4.69, 9.17) is 5.73 Å². The van der Waals surface area contributed by atoms with Crippen molar-refractivity contribution in [3.05, 3.63) is 0 Å². The number of nitrogens with two attached hydrogens (primary N) is 1. The SMILES string of the molecule is CCCN(CCCN)C(=O)C(C)CC. The Morgan fingerprint density at radius 2 is 2.00 bits per heavy atom. The van der Waals surface area contributed by atoms with Crippen LogP contribution in [0.4, 0.5) is 0 Å². The predicted molar refractivity (Wildman–Crippen MR) is 60.0 cm³/mol. The highest BCUT2D eigenvalue weighted by Crippen LogP contribution is 2.07. The van der Waals surface area contributed by atoms with Crippen LogP contribution in [0.15, 0.2) is 0 Å². The molecule has 3 nitrogen and oxygen atoms in total. The molecular weight excluding hydrogens is 176 g/mol. The highest BCUT2D eigenvalue weighted by molar-refractivity contribution is 5.78. The number of hydrogen-bond donors (Lipinski definition) is 1. The third-order valence-corrected chi connectivity index (χ3v) is 2.47. The molecule has 0 radical (unpaired) electrons. The molecule has 0 aromatic heterocycles. The van der Waals surface area contributed by atoms with Crippen LogP contribution in [0.1, 0.15) is 40.0 Å². The van der Waals surface area contributed by atoms with E-state index < -0.39 is 0 Å². The number of amides is 1. The second-order valence-corrected chi connectivity index (χ2v) is 3.78. The largest absolute Gasteiger partial charge is 0.342 e. The number of rotatable bonds is 7. The summed E-state index contributed by atoms with van der Waals surface area (Å²) in [6.07, 6.45) is 2.84. The maximum Gasteiger partial charge on any atom is 0.225 e. The quantitative estimate of drug-likeness (QED) is 0.679. The van der Waals surface area contributed by atoms with Gasteiger partial charge in [0.1, 0.15) is 0 Å². The summed E-state index contributed by atoms with van der Waals surface area (Å²) in [6.45, 7) is 8.48. The normalized spacial score (nSPS) is 12.6. The summed E-state index contributed by atoms with van der Waals surface area (Å²) in [6, 6.07) is 0. The summed E-state index contributed by atoms with van der Waals surface area (Å²) in [5, 5.41) is 0. The zero-order chi connectivity index (χ0) is 11.0. The van der Waals surface area contributed by atoms with Gasteiger partial charge in [0.15, 0.2) is 0 Å². The van der Waals surface area contributed by atoms with E-state index in [9.17, 15) is 4.79 Å². The van der Waals surface area contributed by atoms with Crippen molar-refractivity contribution < 1.29 is 4.79 Å². The minimum atomic E-state index is 0.152. The molecule has 0 aliphatic heterocycles. The minimum Gasteiger partial charge on any atom is -0.342 e. The molecule has 14 heavy (non-hydrogen) atoms. The average molecular weight is 200 g/mol. The number of carbonyl (C=O) groups excluding carboxylic acids is 1. The third kappa shape index (κ3) is 4.61. The fourth-order valence-electron chi connectivity index (χ4n) is 1.37. The monoisotopic (exact) mass is 200 g/mol. The van der Waals surface area contributed by atoms with Gasteiger partial charge in [0, 0.05) is 19.0 Å². The topological polar surface area (TPSA) is 46.3 Å². The van der Waals surface area contributed by atoms with Crippen LogP contribution in [0.25, 0.3) is 0 Å².